The zero-order valence-corrected chi connectivity index (χ0v) is 11.9. The summed E-state index contributed by atoms with van der Waals surface area (Å²) in [5, 5.41) is 0. The maximum Gasteiger partial charge on any atom is 0.0702 e. The summed E-state index contributed by atoms with van der Waals surface area (Å²) in [6.45, 7) is 7.59. The molecule has 2 fully saturated rings. The number of nitrogens with two attached hydrogens (primary N) is 1. The van der Waals surface area contributed by atoms with Crippen LogP contribution in [-0.2, 0) is 4.74 Å². The molecule has 0 bridgehead atoms. The molecule has 1 aliphatic carbocycles. The summed E-state index contributed by atoms with van der Waals surface area (Å²) < 4.78 is 5.78. The van der Waals surface area contributed by atoms with Crippen molar-refractivity contribution >= 4 is 0 Å². The molecule has 2 rings (SSSR count). The van der Waals surface area contributed by atoms with E-state index in [1.807, 2.05) is 0 Å². The fraction of sp³-hybridized carbons (Fsp3) is 1.00. The van der Waals surface area contributed by atoms with Gasteiger partial charge in [-0.2, -0.15) is 0 Å². The smallest absolute Gasteiger partial charge is 0.0702 e. The lowest BCUT2D eigenvalue weighted by Gasteiger charge is -2.36. The Balaban J connectivity index is 1.69. The van der Waals surface area contributed by atoms with Gasteiger partial charge in [-0.15, -0.1) is 0 Å². The highest BCUT2D eigenvalue weighted by atomic mass is 16.5. The number of likely N-dealkylation sites (tertiary alicyclic amines) is 1. The van der Waals surface area contributed by atoms with E-state index in [2.05, 4.69) is 11.8 Å². The highest BCUT2D eigenvalue weighted by Gasteiger charge is 2.25. The van der Waals surface area contributed by atoms with Crippen LogP contribution in [0, 0.1) is 11.8 Å². The van der Waals surface area contributed by atoms with Crippen molar-refractivity contribution < 1.29 is 4.74 Å². The van der Waals surface area contributed by atoms with Gasteiger partial charge < -0.3 is 15.4 Å². The van der Waals surface area contributed by atoms with Gasteiger partial charge in [0, 0.05) is 19.7 Å². The highest BCUT2D eigenvalue weighted by Crippen LogP contribution is 2.29. The third-order valence-corrected chi connectivity index (χ3v) is 4.68. The molecule has 1 saturated carbocycles. The summed E-state index contributed by atoms with van der Waals surface area (Å²) in [7, 11) is 0. The van der Waals surface area contributed by atoms with E-state index in [-0.39, 0.29) is 0 Å². The Morgan fingerprint density at radius 2 is 1.83 bits per heavy atom. The third kappa shape index (κ3) is 4.22. The summed E-state index contributed by atoms with van der Waals surface area (Å²) in [5.41, 5.74) is 5.76. The molecule has 0 aromatic heterocycles. The largest absolute Gasteiger partial charge is 0.377 e. The molecule has 0 aromatic carbocycles. The molecule has 18 heavy (non-hydrogen) atoms. The first-order valence-corrected chi connectivity index (χ1v) is 7.85. The van der Waals surface area contributed by atoms with Crippen LogP contribution < -0.4 is 5.73 Å². The summed E-state index contributed by atoms with van der Waals surface area (Å²) in [5.74, 6) is 1.71. The maximum atomic E-state index is 5.78. The topological polar surface area (TPSA) is 38.5 Å². The molecule has 3 heteroatoms. The molecular formula is C15H30N2O. The van der Waals surface area contributed by atoms with Crippen molar-refractivity contribution in [2.45, 2.75) is 51.6 Å². The van der Waals surface area contributed by atoms with Crippen LogP contribution >= 0.6 is 0 Å². The van der Waals surface area contributed by atoms with E-state index in [9.17, 15) is 0 Å². The number of rotatable bonds is 5. The molecule has 1 unspecified atom stereocenters. The van der Waals surface area contributed by atoms with Crippen molar-refractivity contribution in [1.82, 2.24) is 4.90 Å². The van der Waals surface area contributed by atoms with Crippen molar-refractivity contribution in [3.8, 4) is 0 Å². The zero-order chi connectivity index (χ0) is 12.8. The Labute approximate surface area is 112 Å². The Bertz CT molecular complexity index is 225. The maximum absolute atomic E-state index is 5.78. The van der Waals surface area contributed by atoms with Crippen molar-refractivity contribution in [2.24, 2.45) is 17.6 Å². The molecule has 1 heterocycles. The summed E-state index contributed by atoms with van der Waals surface area (Å²) >= 11 is 0. The Morgan fingerprint density at radius 1 is 1.11 bits per heavy atom. The summed E-state index contributed by atoms with van der Waals surface area (Å²) in [6.07, 6.45) is 8.53. The van der Waals surface area contributed by atoms with E-state index in [1.165, 1.54) is 51.6 Å². The van der Waals surface area contributed by atoms with Gasteiger partial charge in [0.2, 0.25) is 0 Å². The lowest BCUT2D eigenvalue weighted by atomic mass is 9.81. The first kappa shape index (κ1) is 14.3. The SMILES string of the molecule is CCOC1CCCN(CC2CCC(CN)CC2)C1. The van der Waals surface area contributed by atoms with Crippen LogP contribution in [0.15, 0.2) is 0 Å². The standard InChI is InChI=1S/C15H30N2O/c1-2-18-15-4-3-9-17(12-15)11-14-7-5-13(10-16)6-8-14/h13-15H,2-12,16H2,1H3. The van der Waals surface area contributed by atoms with Crippen molar-refractivity contribution in [3.05, 3.63) is 0 Å². The molecule has 0 aromatic rings. The molecule has 3 nitrogen and oxygen atoms in total. The number of hydrogen-bond acceptors (Lipinski definition) is 3. The van der Waals surface area contributed by atoms with Crippen LogP contribution in [0.3, 0.4) is 0 Å². The minimum absolute atomic E-state index is 0.490. The quantitative estimate of drug-likeness (QED) is 0.818. The van der Waals surface area contributed by atoms with Gasteiger partial charge in [-0.3, -0.25) is 0 Å². The Hall–Kier alpha value is -0.120. The van der Waals surface area contributed by atoms with Crippen LogP contribution in [0.5, 0.6) is 0 Å². The van der Waals surface area contributed by atoms with Gasteiger partial charge in [-0.1, -0.05) is 0 Å². The minimum Gasteiger partial charge on any atom is -0.377 e. The number of nitrogens with zero attached hydrogens (tertiary/aromatic N) is 1. The molecule has 106 valence electrons. The zero-order valence-electron chi connectivity index (χ0n) is 11.9. The Morgan fingerprint density at radius 3 is 2.50 bits per heavy atom. The van der Waals surface area contributed by atoms with Gasteiger partial charge >= 0.3 is 0 Å². The number of hydrogen-bond donors (Lipinski definition) is 1. The molecule has 0 radical (unpaired) electrons. The van der Waals surface area contributed by atoms with E-state index in [0.717, 1.165) is 31.5 Å². The van der Waals surface area contributed by atoms with Crippen LogP contribution in [-0.4, -0.2) is 43.8 Å². The van der Waals surface area contributed by atoms with Crippen LogP contribution in [0.2, 0.25) is 0 Å². The first-order chi connectivity index (χ1) is 8.81. The molecule has 1 saturated heterocycles. The summed E-state index contributed by atoms with van der Waals surface area (Å²) in [6, 6.07) is 0. The van der Waals surface area contributed by atoms with Gasteiger partial charge in [0.05, 0.1) is 6.10 Å². The average Bonchev–Trinajstić information content (AvgIpc) is 2.40. The van der Waals surface area contributed by atoms with Crippen molar-refractivity contribution in [1.29, 1.82) is 0 Å². The fourth-order valence-corrected chi connectivity index (χ4v) is 3.57. The lowest BCUT2D eigenvalue weighted by Crippen LogP contribution is -2.42. The molecule has 2 aliphatic rings. The predicted octanol–water partition coefficient (Wildman–Crippen LogP) is 2.25. The van der Waals surface area contributed by atoms with Gasteiger partial charge in [-0.05, 0) is 70.4 Å². The van der Waals surface area contributed by atoms with E-state index in [1.54, 1.807) is 0 Å². The summed E-state index contributed by atoms with van der Waals surface area (Å²) in [4.78, 5) is 2.64. The van der Waals surface area contributed by atoms with Crippen LogP contribution in [0.1, 0.15) is 45.4 Å². The van der Waals surface area contributed by atoms with Crippen LogP contribution in [0.4, 0.5) is 0 Å². The van der Waals surface area contributed by atoms with Crippen molar-refractivity contribution in [2.75, 3.05) is 32.8 Å². The lowest BCUT2D eigenvalue weighted by molar-refractivity contribution is -0.000339. The fourth-order valence-electron chi connectivity index (χ4n) is 3.57. The average molecular weight is 254 g/mol. The van der Waals surface area contributed by atoms with Gasteiger partial charge in [-0.25, -0.2) is 0 Å². The molecule has 2 N–H and O–H groups in total. The normalized spacial score (nSPS) is 34.7. The molecular weight excluding hydrogens is 224 g/mol. The van der Waals surface area contributed by atoms with Gasteiger partial charge in [0.15, 0.2) is 0 Å². The molecule has 1 atom stereocenters. The monoisotopic (exact) mass is 254 g/mol. The third-order valence-electron chi connectivity index (χ3n) is 4.68. The minimum atomic E-state index is 0.490. The molecule has 0 amide bonds. The second-order valence-corrected chi connectivity index (χ2v) is 6.10. The van der Waals surface area contributed by atoms with Crippen molar-refractivity contribution in [3.63, 3.8) is 0 Å². The van der Waals surface area contributed by atoms with Crippen LogP contribution in [0.25, 0.3) is 0 Å². The predicted molar refractivity (Wildman–Crippen MR) is 75.6 cm³/mol. The second-order valence-electron chi connectivity index (χ2n) is 6.10. The van der Waals surface area contributed by atoms with E-state index in [0.29, 0.717) is 6.10 Å². The Kier molecular flexibility index (Phi) is 5.93. The highest BCUT2D eigenvalue weighted by molar-refractivity contribution is 4.79. The number of ether oxygens (including phenoxy) is 1. The first-order valence-electron chi connectivity index (χ1n) is 7.85. The second kappa shape index (κ2) is 7.46. The van der Waals surface area contributed by atoms with E-state index >= 15 is 0 Å². The number of piperidine rings is 1. The van der Waals surface area contributed by atoms with E-state index < -0.39 is 0 Å². The van der Waals surface area contributed by atoms with Gasteiger partial charge in [0.25, 0.3) is 0 Å². The molecule has 0 spiro atoms. The van der Waals surface area contributed by atoms with Gasteiger partial charge in [0.1, 0.15) is 0 Å². The molecule has 1 aliphatic heterocycles. The van der Waals surface area contributed by atoms with E-state index in [4.69, 9.17) is 10.5 Å².